The van der Waals surface area contributed by atoms with Gasteiger partial charge in [-0.05, 0) is 26.2 Å². The monoisotopic (exact) mass is 280 g/mol. The van der Waals surface area contributed by atoms with E-state index >= 15 is 0 Å². The number of rotatable bonds is 9. The lowest BCUT2D eigenvalue weighted by atomic mass is 10.1. The van der Waals surface area contributed by atoms with Crippen molar-refractivity contribution in [3.8, 4) is 0 Å². The van der Waals surface area contributed by atoms with Crippen LogP contribution in [0.3, 0.4) is 0 Å². The average Bonchev–Trinajstić information content (AvgIpc) is 2.82. The number of hydrogen-bond acceptors (Lipinski definition) is 2. The van der Waals surface area contributed by atoms with E-state index in [4.69, 9.17) is 0 Å². The average molecular weight is 280 g/mol. The molecular formula is C16H30N3O+. The molecule has 1 rings (SSSR count). The summed E-state index contributed by atoms with van der Waals surface area (Å²) in [6.45, 7) is 11.6. The Hall–Kier alpha value is -1.16. The molecule has 4 nitrogen and oxygen atoms in total. The van der Waals surface area contributed by atoms with Gasteiger partial charge in [0.2, 0.25) is 5.91 Å². The van der Waals surface area contributed by atoms with Crippen molar-refractivity contribution in [3.63, 3.8) is 0 Å². The van der Waals surface area contributed by atoms with Crippen LogP contribution < -0.4 is 5.32 Å². The van der Waals surface area contributed by atoms with Gasteiger partial charge in [-0.3, -0.25) is 9.28 Å². The maximum Gasteiger partial charge on any atom is 0.221 e. The van der Waals surface area contributed by atoms with Crippen LogP contribution in [0.5, 0.6) is 0 Å². The number of hydrogen-bond donors (Lipinski definition) is 1. The van der Waals surface area contributed by atoms with Crippen molar-refractivity contribution in [2.24, 2.45) is 4.99 Å². The third-order valence-electron chi connectivity index (χ3n) is 4.44. The topological polar surface area (TPSA) is 41.5 Å². The van der Waals surface area contributed by atoms with E-state index in [2.05, 4.69) is 30.7 Å². The summed E-state index contributed by atoms with van der Waals surface area (Å²) in [5, 5.41) is 3.06. The van der Waals surface area contributed by atoms with Gasteiger partial charge in [0.05, 0.1) is 12.8 Å². The second kappa shape index (κ2) is 8.20. The fourth-order valence-electron chi connectivity index (χ4n) is 3.15. The van der Waals surface area contributed by atoms with Crippen molar-refractivity contribution in [2.75, 3.05) is 13.1 Å². The first kappa shape index (κ1) is 16.9. The Bertz CT molecular complexity index is 354. The molecule has 3 unspecified atom stereocenters. The van der Waals surface area contributed by atoms with Crippen LogP contribution in [0.4, 0.5) is 0 Å². The summed E-state index contributed by atoms with van der Waals surface area (Å²) in [6.07, 6.45) is 10.3. The van der Waals surface area contributed by atoms with Crippen LogP contribution in [0.25, 0.3) is 0 Å². The molecule has 20 heavy (non-hydrogen) atoms. The molecular weight excluding hydrogens is 250 g/mol. The molecule has 114 valence electrons. The van der Waals surface area contributed by atoms with Crippen molar-refractivity contribution in [1.82, 2.24) is 5.32 Å². The first-order valence-electron chi connectivity index (χ1n) is 7.83. The van der Waals surface area contributed by atoms with Crippen molar-refractivity contribution in [2.45, 2.75) is 65.2 Å². The van der Waals surface area contributed by atoms with Crippen LogP contribution in [-0.2, 0) is 4.79 Å². The molecule has 0 aromatic carbocycles. The summed E-state index contributed by atoms with van der Waals surface area (Å²) in [4.78, 5) is 16.0. The summed E-state index contributed by atoms with van der Waals surface area (Å²) in [7, 11) is 0. The Labute approximate surface area is 123 Å². The SMILES string of the molecule is C=CCCCCCC1N=CC[N+]1(CC)C(C)NC(C)=O. The van der Waals surface area contributed by atoms with E-state index in [0.717, 1.165) is 30.4 Å². The molecule has 0 spiro atoms. The highest BCUT2D eigenvalue weighted by molar-refractivity contribution is 5.73. The van der Waals surface area contributed by atoms with Crippen LogP contribution in [0.1, 0.15) is 52.9 Å². The zero-order valence-corrected chi connectivity index (χ0v) is 13.3. The van der Waals surface area contributed by atoms with E-state index in [1.807, 2.05) is 12.3 Å². The highest BCUT2D eigenvalue weighted by Gasteiger charge is 2.42. The second-order valence-electron chi connectivity index (χ2n) is 5.72. The van der Waals surface area contributed by atoms with Crippen molar-refractivity contribution in [3.05, 3.63) is 12.7 Å². The molecule has 0 aromatic heterocycles. The molecule has 0 saturated heterocycles. The maximum absolute atomic E-state index is 11.3. The standard InChI is InChI=1S/C16H29N3O/c1-5-7-8-9-10-11-16-17-12-13-19(16,6-2)14(3)18-15(4)20/h5,12,14,16H,1,6-11,13H2,2-4H3/p+1. The molecule has 1 amide bonds. The minimum atomic E-state index is 0.0417. The fraction of sp³-hybridized carbons (Fsp3) is 0.750. The first-order chi connectivity index (χ1) is 9.56. The number of allylic oxidation sites excluding steroid dienone is 1. The molecule has 0 saturated carbocycles. The summed E-state index contributed by atoms with van der Waals surface area (Å²) in [5.74, 6) is 0.0417. The Kier molecular flexibility index (Phi) is 6.93. The summed E-state index contributed by atoms with van der Waals surface area (Å²) in [5.41, 5.74) is 0. The number of unbranched alkanes of at least 4 members (excludes halogenated alkanes) is 3. The molecule has 0 aliphatic carbocycles. The normalized spacial score (nSPS) is 26.4. The van der Waals surface area contributed by atoms with E-state index in [0.29, 0.717) is 6.17 Å². The van der Waals surface area contributed by atoms with Crippen LogP contribution in [0.2, 0.25) is 0 Å². The van der Waals surface area contributed by atoms with Gasteiger partial charge in [-0.1, -0.05) is 12.5 Å². The summed E-state index contributed by atoms with van der Waals surface area (Å²) >= 11 is 0. The molecule has 0 aromatic rings. The second-order valence-corrected chi connectivity index (χ2v) is 5.72. The third-order valence-corrected chi connectivity index (χ3v) is 4.44. The zero-order valence-electron chi connectivity index (χ0n) is 13.3. The largest absolute Gasteiger partial charge is 0.307 e. The molecule has 0 radical (unpaired) electrons. The predicted octanol–water partition coefficient (Wildman–Crippen LogP) is 2.85. The van der Waals surface area contributed by atoms with E-state index in [9.17, 15) is 4.79 Å². The number of nitrogens with zero attached hydrogens (tertiary/aromatic N) is 2. The zero-order chi connectivity index (χ0) is 15.0. The van der Waals surface area contributed by atoms with Gasteiger partial charge in [-0.15, -0.1) is 6.58 Å². The molecule has 0 bridgehead atoms. The molecule has 1 heterocycles. The lowest BCUT2D eigenvalue weighted by Gasteiger charge is -2.42. The van der Waals surface area contributed by atoms with Crippen LogP contribution >= 0.6 is 0 Å². The van der Waals surface area contributed by atoms with Crippen LogP contribution in [0, 0.1) is 0 Å². The Morgan fingerprint density at radius 2 is 2.30 bits per heavy atom. The van der Waals surface area contributed by atoms with E-state index < -0.39 is 0 Å². The number of quaternary nitrogens is 1. The smallest absolute Gasteiger partial charge is 0.221 e. The van der Waals surface area contributed by atoms with E-state index in [1.165, 1.54) is 19.3 Å². The fourth-order valence-corrected chi connectivity index (χ4v) is 3.15. The summed E-state index contributed by atoms with van der Waals surface area (Å²) in [6, 6.07) is 0. The predicted molar refractivity (Wildman–Crippen MR) is 84.5 cm³/mol. The summed E-state index contributed by atoms with van der Waals surface area (Å²) < 4.78 is 0.862. The Morgan fingerprint density at radius 3 is 2.90 bits per heavy atom. The van der Waals surface area contributed by atoms with Crippen LogP contribution in [0.15, 0.2) is 17.6 Å². The molecule has 3 atom stereocenters. The van der Waals surface area contributed by atoms with Crippen molar-refractivity contribution < 1.29 is 9.28 Å². The first-order valence-corrected chi connectivity index (χ1v) is 7.83. The molecule has 4 heteroatoms. The minimum absolute atomic E-state index is 0.0417. The minimum Gasteiger partial charge on any atom is -0.307 e. The number of amides is 1. The molecule has 0 fully saturated rings. The maximum atomic E-state index is 11.3. The molecule has 1 aliphatic rings. The number of aliphatic imine (C=N–C) groups is 1. The highest BCUT2D eigenvalue weighted by Crippen LogP contribution is 2.26. The van der Waals surface area contributed by atoms with Gasteiger partial charge in [-0.25, -0.2) is 4.99 Å². The van der Waals surface area contributed by atoms with Gasteiger partial charge in [0.25, 0.3) is 0 Å². The Morgan fingerprint density at radius 1 is 1.55 bits per heavy atom. The van der Waals surface area contributed by atoms with E-state index in [-0.39, 0.29) is 12.1 Å². The van der Waals surface area contributed by atoms with Gasteiger partial charge in [0.15, 0.2) is 12.3 Å². The highest BCUT2D eigenvalue weighted by atomic mass is 16.1. The van der Waals surface area contributed by atoms with Gasteiger partial charge in [0.1, 0.15) is 6.54 Å². The van der Waals surface area contributed by atoms with Crippen molar-refractivity contribution >= 4 is 12.1 Å². The van der Waals surface area contributed by atoms with Gasteiger partial charge < -0.3 is 5.32 Å². The number of carbonyl (C=O) groups is 1. The number of carbonyl (C=O) groups excluding carboxylic acids is 1. The lowest BCUT2D eigenvalue weighted by Crippen LogP contribution is -2.63. The van der Waals surface area contributed by atoms with Crippen molar-refractivity contribution in [1.29, 1.82) is 0 Å². The molecule has 1 N–H and O–H groups in total. The quantitative estimate of drug-likeness (QED) is 0.394. The van der Waals surface area contributed by atoms with Gasteiger partial charge >= 0.3 is 0 Å². The van der Waals surface area contributed by atoms with Gasteiger partial charge in [-0.2, -0.15) is 0 Å². The van der Waals surface area contributed by atoms with Crippen LogP contribution in [-0.4, -0.2) is 42.0 Å². The van der Waals surface area contributed by atoms with Gasteiger partial charge in [0, 0.05) is 20.3 Å². The number of nitrogens with one attached hydrogen (secondary N) is 1. The molecule has 1 aliphatic heterocycles. The lowest BCUT2D eigenvalue weighted by molar-refractivity contribution is -0.959. The third kappa shape index (κ3) is 4.17. The Balaban J connectivity index is 2.56. The van der Waals surface area contributed by atoms with E-state index in [1.54, 1.807) is 6.92 Å².